The first kappa shape index (κ1) is 16.2. The summed E-state index contributed by atoms with van der Waals surface area (Å²) < 4.78 is 1.98. The van der Waals surface area contributed by atoms with Crippen LogP contribution in [-0.4, -0.2) is 10.5 Å². The summed E-state index contributed by atoms with van der Waals surface area (Å²) in [6, 6.07) is 10.6. The van der Waals surface area contributed by atoms with Crippen molar-refractivity contribution in [3.05, 3.63) is 74.0 Å². The van der Waals surface area contributed by atoms with Gasteiger partial charge in [0.1, 0.15) is 5.56 Å². The van der Waals surface area contributed by atoms with Gasteiger partial charge >= 0.3 is 0 Å². The Morgan fingerprint density at radius 3 is 2.56 bits per heavy atom. The number of amides is 1. The molecule has 126 valence electrons. The van der Waals surface area contributed by atoms with Crippen molar-refractivity contribution in [2.45, 2.75) is 19.4 Å². The standard InChI is InChI=1S/C19H14Cl2N2O2/c20-14-7-2-8-15(21)16(14)22-19(25)13-10-23-9-3-5-11-4-1-6-12(17(11)23)18(13)24/h1-2,4,6-8,10H,3,5,9H2,(H,22,25). The Balaban J connectivity index is 1.84. The zero-order valence-corrected chi connectivity index (χ0v) is 14.7. The Labute approximate surface area is 154 Å². The van der Waals surface area contributed by atoms with Crippen LogP contribution >= 0.6 is 23.2 Å². The van der Waals surface area contributed by atoms with Crippen molar-refractivity contribution in [3.63, 3.8) is 0 Å². The molecule has 0 unspecified atom stereocenters. The van der Waals surface area contributed by atoms with Gasteiger partial charge < -0.3 is 9.88 Å². The Morgan fingerprint density at radius 1 is 1.08 bits per heavy atom. The summed E-state index contributed by atoms with van der Waals surface area (Å²) in [5.74, 6) is -0.512. The topological polar surface area (TPSA) is 51.1 Å². The molecule has 2 aromatic carbocycles. The van der Waals surface area contributed by atoms with Gasteiger partial charge in [0.15, 0.2) is 0 Å². The number of halogens is 2. The predicted octanol–water partition coefficient (Wildman–Crippen LogP) is 4.51. The van der Waals surface area contributed by atoms with E-state index in [-0.39, 0.29) is 11.0 Å². The van der Waals surface area contributed by atoms with E-state index in [0.717, 1.165) is 30.5 Å². The number of para-hydroxylation sites is 2. The SMILES string of the molecule is O=C(Nc1c(Cl)cccc1Cl)c1cn2c3c(cccc3c1=O)CCC2. The smallest absolute Gasteiger partial charge is 0.261 e. The van der Waals surface area contributed by atoms with Crippen LogP contribution in [0.25, 0.3) is 10.9 Å². The first-order valence-electron chi connectivity index (χ1n) is 7.96. The van der Waals surface area contributed by atoms with Gasteiger partial charge in [-0.15, -0.1) is 0 Å². The average molecular weight is 373 g/mol. The Kier molecular flexibility index (Phi) is 4.02. The molecular weight excluding hydrogens is 359 g/mol. The molecule has 0 spiro atoms. The molecule has 4 rings (SSSR count). The van der Waals surface area contributed by atoms with Gasteiger partial charge in [-0.2, -0.15) is 0 Å². The first-order valence-corrected chi connectivity index (χ1v) is 8.72. The fraction of sp³-hybridized carbons (Fsp3) is 0.158. The Hall–Kier alpha value is -2.30. The number of aryl methyl sites for hydroxylation is 2. The number of anilines is 1. The zero-order valence-electron chi connectivity index (χ0n) is 13.2. The van der Waals surface area contributed by atoms with Gasteiger partial charge in [0.25, 0.3) is 5.91 Å². The van der Waals surface area contributed by atoms with E-state index >= 15 is 0 Å². The highest BCUT2D eigenvalue weighted by molar-refractivity contribution is 6.40. The molecule has 0 saturated carbocycles. The summed E-state index contributed by atoms with van der Waals surface area (Å²) in [7, 11) is 0. The van der Waals surface area contributed by atoms with Crippen LogP contribution < -0.4 is 10.7 Å². The highest BCUT2D eigenvalue weighted by atomic mass is 35.5. The molecular formula is C19H14Cl2N2O2. The third-order valence-electron chi connectivity index (χ3n) is 4.47. The van der Waals surface area contributed by atoms with Gasteiger partial charge in [-0.05, 0) is 36.6 Å². The Bertz CT molecular complexity index is 1050. The lowest BCUT2D eigenvalue weighted by Crippen LogP contribution is -2.25. The van der Waals surface area contributed by atoms with E-state index < -0.39 is 5.91 Å². The summed E-state index contributed by atoms with van der Waals surface area (Å²) >= 11 is 12.2. The number of rotatable bonds is 2. The van der Waals surface area contributed by atoms with Crippen molar-refractivity contribution in [1.29, 1.82) is 0 Å². The summed E-state index contributed by atoms with van der Waals surface area (Å²) in [6.07, 6.45) is 3.55. The monoisotopic (exact) mass is 372 g/mol. The summed E-state index contributed by atoms with van der Waals surface area (Å²) in [5, 5.41) is 3.88. The molecule has 1 aromatic heterocycles. The minimum absolute atomic E-state index is 0.0857. The summed E-state index contributed by atoms with van der Waals surface area (Å²) in [6.45, 7) is 0.779. The van der Waals surface area contributed by atoms with E-state index in [2.05, 4.69) is 5.32 Å². The van der Waals surface area contributed by atoms with E-state index in [1.54, 1.807) is 30.5 Å². The first-order chi connectivity index (χ1) is 12.1. The van der Waals surface area contributed by atoms with E-state index in [4.69, 9.17) is 23.2 Å². The quantitative estimate of drug-likeness (QED) is 0.719. The second kappa shape index (κ2) is 6.21. The average Bonchev–Trinajstić information content (AvgIpc) is 2.61. The number of hydrogen-bond acceptors (Lipinski definition) is 2. The second-order valence-corrected chi connectivity index (χ2v) is 6.85. The van der Waals surface area contributed by atoms with Crippen molar-refractivity contribution >= 4 is 45.7 Å². The van der Waals surface area contributed by atoms with Gasteiger partial charge in [0, 0.05) is 18.1 Å². The van der Waals surface area contributed by atoms with Crippen molar-refractivity contribution < 1.29 is 4.79 Å². The van der Waals surface area contributed by atoms with Crippen molar-refractivity contribution in [2.75, 3.05) is 5.32 Å². The molecule has 1 aliphatic heterocycles. The van der Waals surface area contributed by atoms with Gasteiger partial charge in [-0.25, -0.2) is 0 Å². The van der Waals surface area contributed by atoms with E-state index in [1.165, 1.54) is 0 Å². The van der Waals surface area contributed by atoms with Crippen LogP contribution in [0.5, 0.6) is 0 Å². The lowest BCUT2D eigenvalue weighted by atomic mass is 10.00. The third kappa shape index (κ3) is 2.71. The molecule has 0 atom stereocenters. The molecule has 1 aliphatic rings. The number of pyridine rings is 1. The van der Waals surface area contributed by atoms with Crippen LogP contribution in [0.1, 0.15) is 22.3 Å². The second-order valence-electron chi connectivity index (χ2n) is 6.03. The fourth-order valence-electron chi connectivity index (χ4n) is 3.32. The summed E-state index contributed by atoms with van der Waals surface area (Å²) in [4.78, 5) is 25.5. The van der Waals surface area contributed by atoms with E-state index in [0.29, 0.717) is 21.1 Å². The maximum atomic E-state index is 12.8. The number of nitrogens with one attached hydrogen (secondary N) is 1. The molecule has 25 heavy (non-hydrogen) atoms. The van der Waals surface area contributed by atoms with Gasteiger partial charge in [0.05, 0.1) is 21.2 Å². The largest absolute Gasteiger partial charge is 0.346 e. The van der Waals surface area contributed by atoms with E-state index in [1.807, 2.05) is 16.7 Å². The highest BCUT2D eigenvalue weighted by Crippen LogP contribution is 2.30. The molecule has 0 aliphatic carbocycles. The minimum Gasteiger partial charge on any atom is -0.346 e. The predicted molar refractivity (Wildman–Crippen MR) is 101 cm³/mol. The number of benzene rings is 2. The van der Waals surface area contributed by atoms with Crippen LogP contribution in [0, 0.1) is 0 Å². The summed E-state index contributed by atoms with van der Waals surface area (Å²) in [5.41, 5.74) is 2.17. The van der Waals surface area contributed by atoms with Crippen LogP contribution in [-0.2, 0) is 13.0 Å². The Morgan fingerprint density at radius 2 is 1.80 bits per heavy atom. The number of nitrogens with zero attached hydrogens (tertiary/aromatic N) is 1. The minimum atomic E-state index is -0.512. The maximum Gasteiger partial charge on any atom is 0.261 e. The number of hydrogen-bond donors (Lipinski definition) is 1. The molecule has 6 heteroatoms. The van der Waals surface area contributed by atoms with Crippen molar-refractivity contribution in [1.82, 2.24) is 4.57 Å². The molecule has 0 bridgehead atoms. The zero-order chi connectivity index (χ0) is 17.6. The third-order valence-corrected chi connectivity index (χ3v) is 5.10. The normalized spacial score (nSPS) is 13.0. The molecule has 2 heterocycles. The lowest BCUT2D eigenvalue weighted by molar-refractivity contribution is 0.102. The molecule has 0 radical (unpaired) electrons. The molecule has 1 N–H and O–H groups in total. The van der Waals surface area contributed by atoms with Crippen molar-refractivity contribution in [3.8, 4) is 0 Å². The van der Waals surface area contributed by atoms with Crippen LogP contribution in [0.2, 0.25) is 10.0 Å². The maximum absolute atomic E-state index is 12.8. The molecule has 0 saturated heterocycles. The molecule has 3 aromatic rings. The van der Waals surface area contributed by atoms with Gasteiger partial charge in [-0.3, -0.25) is 9.59 Å². The van der Waals surface area contributed by atoms with Crippen molar-refractivity contribution in [2.24, 2.45) is 0 Å². The van der Waals surface area contributed by atoms with Crippen LogP contribution in [0.4, 0.5) is 5.69 Å². The van der Waals surface area contributed by atoms with Crippen LogP contribution in [0.3, 0.4) is 0 Å². The molecule has 1 amide bonds. The van der Waals surface area contributed by atoms with Gasteiger partial charge in [-0.1, -0.05) is 41.4 Å². The van der Waals surface area contributed by atoms with Gasteiger partial charge in [0.2, 0.25) is 5.43 Å². The number of carbonyl (C=O) groups excluding carboxylic acids is 1. The fourth-order valence-corrected chi connectivity index (χ4v) is 3.81. The number of aromatic nitrogens is 1. The lowest BCUT2D eigenvalue weighted by Gasteiger charge is -2.20. The molecule has 4 nitrogen and oxygen atoms in total. The molecule has 0 fully saturated rings. The van der Waals surface area contributed by atoms with Crippen LogP contribution in [0.15, 0.2) is 47.4 Å². The highest BCUT2D eigenvalue weighted by Gasteiger charge is 2.20. The number of carbonyl (C=O) groups is 1. The van der Waals surface area contributed by atoms with E-state index in [9.17, 15) is 9.59 Å².